The molecule has 5 unspecified atom stereocenters. The Morgan fingerprint density at radius 2 is 1.95 bits per heavy atom. The van der Waals surface area contributed by atoms with E-state index in [0.29, 0.717) is 12.8 Å². The largest absolute Gasteiger partial charge is 0.477 e. The SMILES string of the molecule is CC(C)(OC(=O)C1C2CC3OC(=O)C1C3C2)C(F)(F)C(=O)O. The van der Waals surface area contributed by atoms with Crippen LogP contribution in [0.4, 0.5) is 8.78 Å². The van der Waals surface area contributed by atoms with E-state index in [9.17, 15) is 23.2 Å². The van der Waals surface area contributed by atoms with Crippen molar-refractivity contribution in [3.05, 3.63) is 0 Å². The number of ether oxygens (including phenoxy) is 2. The molecule has 122 valence electrons. The van der Waals surface area contributed by atoms with Crippen LogP contribution in [-0.2, 0) is 23.9 Å². The van der Waals surface area contributed by atoms with E-state index in [1.165, 1.54) is 0 Å². The minimum atomic E-state index is -4.22. The molecule has 1 aliphatic heterocycles. The van der Waals surface area contributed by atoms with E-state index in [4.69, 9.17) is 14.6 Å². The van der Waals surface area contributed by atoms with Gasteiger partial charge in [0.15, 0.2) is 5.60 Å². The Morgan fingerprint density at radius 3 is 2.55 bits per heavy atom. The van der Waals surface area contributed by atoms with Gasteiger partial charge in [0.05, 0.1) is 11.8 Å². The first kappa shape index (κ1) is 15.2. The van der Waals surface area contributed by atoms with Crippen LogP contribution in [0.25, 0.3) is 0 Å². The molecule has 5 atom stereocenters. The maximum Gasteiger partial charge on any atom is 0.380 e. The van der Waals surface area contributed by atoms with Gasteiger partial charge in [-0.2, -0.15) is 8.78 Å². The number of aliphatic carboxylic acids is 1. The first-order valence-corrected chi connectivity index (χ1v) is 7.11. The lowest BCUT2D eigenvalue weighted by atomic mass is 9.80. The smallest absolute Gasteiger partial charge is 0.380 e. The van der Waals surface area contributed by atoms with E-state index >= 15 is 0 Å². The summed E-state index contributed by atoms with van der Waals surface area (Å²) in [5, 5.41) is 8.59. The van der Waals surface area contributed by atoms with Gasteiger partial charge >= 0.3 is 23.8 Å². The molecular weight excluding hydrogens is 302 g/mol. The minimum absolute atomic E-state index is 0.0573. The normalized spacial score (nSPS) is 36.4. The Balaban J connectivity index is 1.78. The number of fused-ring (bicyclic) bond motifs is 1. The first-order valence-electron chi connectivity index (χ1n) is 7.11. The van der Waals surface area contributed by atoms with Gasteiger partial charge in [-0.1, -0.05) is 0 Å². The average molecular weight is 318 g/mol. The van der Waals surface area contributed by atoms with E-state index in [0.717, 1.165) is 13.8 Å². The van der Waals surface area contributed by atoms with E-state index in [1.54, 1.807) is 0 Å². The molecule has 0 amide bonds. The third-order valence-electron chi connectivity index (χ3n) is 5.14. The number of alkyl halides is 2. The van der Waals surface area contributed by atoms with Gasteiger partial charge in [0.2, 0.25) is 0 Å². The zero-order chi connectivity index (χ0) is 16.4. The highest BCUT2D eigenvalue weighted by Crippen LogP contribution is 2.58. The molecule has 3 aliphatic rings. The molecule has 0 spiro atoms. The molecule has 1 saturated heterocycles. The highest BCUT2D eigenvalue weighted by atomic mass is 19.3. The van der Waals surface area contributed by atoms with Crippen LogP contribution in [0.3, 0.4) is 0 Å². The molecule has 3 rings (SSSR count). The number of hydrogen-bond donors (Lipinski definition) is 1. The Hall–Kier alpha value is -1.73. The summed E-state index contributed by atoms with van der Waals surface area (Å²) in [7, 11) is 0. The van der Waals surface area contributed by atoms with Gasteiger partial charge in [0, 0.05) is 5.92 Å². The van der Waals surface area contributed by atoms with Crippen LogP contribution in [-0.4, -0.2) is 40.6 Å². The third kappa shape index (κ3) is 1.85. The lowest BCUT2D eigenvalue weighted by Gasteiger charge is -2.33. The molecule has 8 heteroatoms. The van der Waals surface area contributed by atoms with Crippen LogP contribution in [0.5, 0.6) is 0 Å². The molecule has 0 aromatic heterocycles. The maximum atomic E-state index is 13.7. The summed E-state index contributed by atoms with van der Waals surface area (Å²) < 4.78 is 37.3. The molecule has 0 aromatic rings. The van der Waals surface area contributed by atoms with Crippen LogP contribution in [0.1, 0.15) is 26.7 Å². The lowest BCUT2D eigenvalue weighted by Crippen LogP contribution is -2.53. The number of carbonyl (C=O) groups is 3. The number of carbonyl (C=O) groups excluding carboxylic acids is 2. The molecule has 6 nitrogen and oxygen atoms in total. The second kappa shape index (κ2) is 4.39. The molecule has 22 heavy (non-hydrogen) atoms. The topological polar surface area (TPSA) is 89.9 Å². The van der Waals surface area contributed by atoms with Crippen molar-refractivity contribution in [3.8, 4) is 0 Å². The van der Waals surface area contributed by atoms with Crippen molar-refractivity contribution < 1.29 is 37.7 Å². The Kier molecular flexibility index (Phi) is 3.03. The number of carboxylic acids is 1. The van der Waals surface area contributed by atoms with E-state index in [1.807, 2.05) is 0 Å². The Morgan fingerprint density at radius 1 is 1.32 bits per heavy atom. The number of halogens is 2. The van der Waals surface area contributed by atoms with Crippen LogP contribution in [0.15, 0.2) is 0 Å². The number of carboxylic acid groups (broad SMARTS) is 1. The molecule has 1 N–H and O–H groups in total. The molecule has 0 radical (unpaired) electrons. The summed E-state index contributed by atoms with van der Waals surface area (Å²) >= 11 is 0. The van der Waals surface area contributed by atoms with Gasteiger partial charge in [-0.15, -0.1) is 0 Å². The summed E-state index contributed by atoms with van der Waals surface area (Å²) in [6.45, 7) is 1.70. The fourth-order valence-corrected chi connectivity index (χ4v) is 3.97. The zero-order valence-electron chi connectivity index (χ0n) is 12.0. The molecule has 0 aromatic carbocycles. The van der Waals surface area contributed by atoms with Gasteiger partial charge in [-0.25, -0.2) is 4.79 Å². The van der Waals surface area contributed by atoms with Gasteiger partial charge in [0.25, 0.3) is 0 Å². The average Bonchev–Trinajstić information content (AvgIpc) is 2.98. The predicted molar refractivity (Wildman–Crippen MR) is 65.8 cm³/mol. The summed E-state index contributed by atoms with van der Waals surface area (Å²) in [4.78, 5) is 34.8. The van der Waals surface area contributed by atoms with Gasteiger partial charge < -0.3 is 14.6 Å². The quantitative estimate of drug-likeness (QED) is 0.784. The van der Waals surface area contributed by atoms with Crippen LogP contribution >= 0.6 is 0 Å². The van der Waals surface area contributed by atoms with E-state index < -0.39 is 41.3 Å². The van der Waals surface area contributed by atoms with Crippen molar-refractivity contribution in [2.75, 3.05) is 0 Å². The predicted octanol–water partition coefficient (Wildman–Crippen LogP) is 1.23. The molecule has 2 saturated carbocycles. The van der Waals surface area contributed by atoms with Crippen LogP contribution in [0, 0.1) is 23.7 Å². The standard InChI is InChI=1S/C14H16F2O6/c1-13(2,14(15,16)12(19)20)22-11(18)8-5-3-6-7(4-5)21-10(17)9(6)8/h5-9H,3-4H2,1-2H3,(H,19,20). The van der Waals surface area contributed by atoms with Gasteiger partial charge in [0.1, 0.15) is 6.10 Å². The third-order valence-corrected chi connectivity index (χ3v) is 5.14. The Bertz CT molecular complexity index is 556. The van der Waals surface area contributed by atoms with Crippen molar-refractivity contribution in [2.24, 2.45) is 23.7 Å². The van der Waals surface area contributed by atoms with Crippen molar-refractivity contribution in [1.82, 2.24) is 0 Å². The summed E-state index contributed by atoms with van der Waals surface area (Å²) in [5.41, 5.74) is -2.50. The molecule has 2 bridgehead atoms. The molecule has 1 heterocycles. The van der Waals surface area contributed by atoms with Crippen molar-refractivity contribution in [3.63, 3.8) is 0 Å². The Labute approximate surface area is 124 Å². The van der Waals surface area contributed by atoms with E-state index in [-0.39, 0.29) is 17.9 Å². The monoisotopic (exact) mass is 318 g/mol. The van der Waals surface area contributed by atoms with E-state index in [2.05, 4.69) is 0 Å². The first-order chi connectivity index (χ1) is 10.1. The summed E-state index contributed by atoms with van der Waals surface area (Å²) in [6.07, 6.45) is 0.985. The maximum absolute atomic E-state index is 13.7. The fourth-order valence-electron chi connectivity index (χ4n) is 3.97. The summed E-state index contributed by atoms with van der Waals surface area (Å²) in [6, 6.07) is 0. The minimum Gasteiger partial charge on any atom is -0.477 e. The highest BCUT2D eigenvalue weighted by molar-refractivity contribution is 5.86. The van der Waals surface area contributed by atoms with Crippen molar-refractivity contribution in [2.45, 2.75) is 44.3 Å². The van der Waals surface area contributed by atoms with Crippen LogP contribution in [0.2, 0.25) is 0 Å². The van der Waals surface area contributed by atoms with Gasteiger partial charge in [-0.3, -0.25) is 9.59 Å². The second-order valence-electron chi connectivity index (χ2n) is 6.73. The van der Waals surface area contributed by atoms with Crippen LogP contribution < -0.4 is 0 Å². The summed E-state index contributed by atoms with van der Waals surface area (Å²) in [5.74, 6) is -9.67. The van der Waals surface area contributed by atoms with Crippen molar-refractivity contribution >= 4 is 17.9 Å². The number of esters is 2. The highest BCUT2D eigenvalue weighted by Gasteiger charge is 2.66. The molecular formula is C14H16F2O6. The van der Waals surface area contributed by atoms with Crippen molar-refractivity contribution in [1.29, 1.82) is 0 Å². The zero-order valence-corrected chi connectivity index (χ0v) is 12.0. The molecule has 3 fully saturated rings. The number of rotatable bonds is 4. The number of hydrogen-bond acceptors (Lipinski definition) is 5. The lowest BCUT2D eigenvalue weighted by molar-refractivity contribution is -0.217. The fraction of sp³-hybridized carbons (Fsp3) is 0.786. The van der Waals surface area contributed by atoms with Gasteiger partial charge in [-0.05, 0) is 32.6 Å². The second-order valence-corrected chi connectivity index (χ2v) is 6.73. The molecule has 2 aliphatic carbocycles.